The van der Waals surface area contributed by atoms with E-state index in [1.807, 2.05) is 41.5 Å². The number of hydrogen-bond donors (Lipinski definition) is 1. The smallest absolute Gasteiger partial charge is 0.236 e. The summed E-state index contributed by atoms with van der Waals surface area (Å²) in [7, 11) is 0. The predicted octanol–water partition coefficient (Wildman–Crippen LogP) is 5.08. The molecule has 0 saturated carbocycles. The van der Waals surface area contributed by atoms with Crippen LogP contribution in [0.3, 0.4) is 0 Å². The number of para-hydroxylation sites is 1. The summed E-state index contributed by atoms with van der Waals surface area (Å²) in [5.41, 5.74) is 4.27. The highest BCUT2D eigenvalue weighted by molar-refractivity contribution is 9.10. The van der Waals surface area contributed by atoms with E-state index < -0.39 is 0 Å². The molecule has 5 rings (SSSR count). The number of thiophene rings is 1. The first kappa shape index (κ1) is 17.7. The van der Waals surface area contributed by atoms with Gasteiger partial charge in [0.15, 0.2) is 0 Å². The maximum absolute atomic E-state index is 13.0. The molecule has 1 aromatic carbocycles. The van der Waals surface area contributed by atoms with Crippen LogP contribution in [-0.2, 0) is 24.2 Å². The van der Waals surface area contributed by atoms with Crippen molar-refractivity contribution in [3.63, 3.8) is 0 Å². The molecule has 1 aliphatic rings. The molecule has 5 nitrogen and oxygen atoms in total. The first-order chi connectivity index (χ1) is 13.6. The average molecular weight is 456 g/mol. The largest absolute Gasteiger partial charge is 0.440 e. The number of aromatic nitrogens is 2. The van der Waals surface area contributed by atoms with Gasteiger partial charge in [0.05, 0.1) is 22.5 Å². The van der Waals surface area contributed by atoms with Crippen LogP contribution in [0, 0.1) is 6.92 Å². The number of H-pyrrole nitrogens is 1. The molecule has 28 heavy (non-hydrogen) atoms. The van der Waals surface area contributed by atoms with Crippen LogP contribution in [0.15, 0.2) is 44.6 Å². The van der Waals surface area contributed by atoms with E-state index >= 15 is 0 Å². The van der Waals surface area contributed by atoms with E-state index in [2.05, 4.69) is 32.0 Å². The van der Waals surface area contributed by atoms with Crippen molar-refractivity contribution < 1.29 is 9.21 Å². The Morgan fingerprint density at radius 3 is 3.07 bits per heavy atom. The number of oxazole rings is 1. The van der Waals surface area contributed by atoms with E-state index in [0.29, 0.717) is 24.7 Å². The molecule has 4 heterocycles. The van der Waals surface area contributed by atoms with Crippen molar-refractivity contribution in [3.05, 3.63) is 62.9 Å². The van der Waals surface area contributed by atoms with Crippen molar-refractivity contribution in [1.29, 1.82) is 0 Å². The lowest BCUT2D eigenvalue weighted by molar-refractivity contribution is -0.131. The summed E-state index contributed by atoms with van der Waals surface area (Å²) in [5.74, 6) is 1.40. The number of halogens is 1. The Kier molecular flexibility index (Phi) is 4.36. The van der Waals surface area contributed by atoms with Crippen LogP contribution >= 0.6 is 27.3 Å². The summed E-state index contributed by atoms with van der Waals surface area (Å²) in [4.78, 5) is 24.0. The second-order valence-electron chi connectivity index (χ2n) is 6.99. The quantitative estimate of drug-likeness (QED) is 0.468. The molecule has 1 aliphatic heterocycles. The summed E-state index contributed by atoms with van der Waals surface area (Å²) in [6, 6.07) is 10.1. The van der Waals surface area contributed by atoms with E-state index in [0.717, 1.165) is 27.0 Å². The third-order valence-corrected chi connectivity index (χ3v) is 6.77. The lowest BCUT2D eigenvalue weighted by Gasteiger charge is -2.27. The topological polar surface area (TPSA) is 62.1 Å². The molecule has 0 bridgehead atoms. The van der Waals surface area contributed by atoms with E-state index in [1.54, 1.807) is 11.3 Å². The van der Waals surface area contributed by atoms with Crippen LogP contribution in [0.25, 0.3) is 21.7 Å². The van der Waals surface area contributed by atoms with Crippen molar-refractivity contribution >= 4 is 44.1 Å². The average Bonchev–Trinajstić information content (AvgIpc) is 3.41. The van der Waals surface area contributed by atoms with Gasteiger partial charge in [-0.25, -0.2) is 4.98 Å². The molecule has 0 saturated heterocycles. The minimum atomic E-state index is 0.0872. The Labute approximate surface area is 174 Å². The minimum Gasteiger partial charge on any atom is -0.440 e. The number of nitrogens with zero attached hydrogens (tertiary/aromatic N) is 2. The van der Waals surface area contributed by atoms with Gasteiger partial charge < -0.3 is 14.3 Å². The predicted molar refractivity (Wildman–Crippen MR) is 113 cm³/mol. The zero-order chi connectivity index (χ0) is 19.3. The SMILES string of the molecule is Cc1oc(-c2cccs2)nc1CC(=O)N1CCc2[nH]c3c(Br)cccc3c2C1. The van der Waals surface area contributed by atoms with Gasteiger partial charge in [0.2, 0.25) is 11.8 Å². The summed E-state index contributed by atoms with van der Waals surface area (Å²) in [5, 5.41) is 3.17. The van der Waals surface area contributed by atoms with Gasteiger partial charge in [0.25, 0.3) is 0 Å². The lowest BCUT2D eigenvalue weighted by atomic mass is 10.0. The fraction of sp³-hybridized carbons (Fsp3) is 0.238. The van der Waals surface area contributed by atoms with Gasteiger partial charge >= 0.3 is 0 Å². The molecule has 0 aliphatic carbocycles. The van der Waals surface area contributed by atoms with Crippen molar-refractivity contribution in [3.8, 4) is 10.8 Å². The molecule has 0 unspecified atom stereocenters. The summed E-state index contributed by atoms with van der Waals surface area (Å²) in [6.07, 6.45) is 1.10. The van der Waals surface area contributed by atoms with Crippen molar-refractivity contribution in [2.45, 2.75) is 26.3 Å². The van der Waals surface area contributed by atoms with Crippen molar-refractivity contribution in [2.24, 2.45) is 0 Å². The fourth-order valence-corrected chi connectivity index (χ4v) is 4.88. The second-order valence-corrected chi connectivity index (χ2v) is 8.79. The van der Waals surface area contributed by atoms with Crippen LogP contribution in [0.2, 0.25) is 0 Å². The van der Waals surface area contributed by atoms with Crippen molar-refractivity contribution in [1.82, 2.24) is 14.9 Å². The van der Waals surface area contributed by atoms with E-state index in [1.165, 1.54) is 16.6 Å². The van der Waals surface area contributed by atoms with Crippen LogP contribution < -0.4 is 0 Å². The van der Waals surface area contributed by atoms with Gasteiger partial charge in [-0.2, -0.15) is 0 Å². The molecule has 4 aromatic rings. The van der Waals surface area contributed by atoms with Crippen LogP contribution in [-0.4, -0.2) is 27.3 Å². The zero-order valence-corrected chi connectivity index (χ0v) is 17.7. The third kappa shape index (κ3) is 2.99. The zero-order valence-electron chi connectivity index (χ0n) is 15.3. The number of aromatic amines is 1. The van der Waals surface area contributed by atoms with Crippen molar-refractivity contribution in [2.75, 3.05) is 6.54 Å². The van der Waals surface area contributed by atoms with E-state index in [9.17, 15) is 4.79 Å². The molecule has 0 atom stereocenters. The Bertz CT molecular complexity index is 1180. The standard InChI is InChI=1S/C21H18BrN3O2S/c1-12-17(24-21(27-12)18-6-3-9-28-18)10-19(26)25-8-7-16-14(11-25)13-4-2-5-15(22)20(13)23-16/h2-6,9,23H,7-8,10-11H2,1H3. The van der Waals surface area contributed by atoms with Crippen LogP contribution in [0.4, 0.5) is 0 Å². The second kappa shape index (κ2) is 6.90. The normalized spacial score (nSPS) is 13.9. The molecule has 3 aromatic heterocycles. The molecular formula is C21H18BrN3O2S. The number of nitrogens with one attached hydrogen (secondary N) is 1. The molecule has 1 amide bonds. The number of fused-ring (bicyclic) bond motifs is 3. The Balaban J connectivity index is 1.37. The van der Waals surface area contributed by atoms with E-state index in [-0.39, 0.29) is 12.3 Å². The van der Waals surface area contributed by atoms with Gasteiger partial charge in [-0.05, 0) is 40.4 Å². The summed E-state index contributed by atoms with van der Waals surface area (Å²) in [6.45, 7) is 3.21. The molecule has 0 radical (unpaired) electrons. The molecule has 0 spiro atoms. The monoisotopic (exact) mass is 455 g/mol. The number of amides is 1. The lowest BCUT2D eigenvalue weighted by Crippen LogP contribution is -2.36. The molecular weight excluding hydrogens is 438 g/mol. The highest BCUT2D eigenvalue weighted by atomic mass is 79.9. The summed E-state index contributed by atoms with van der Waals surface area (Å²) >= 11 is 5.19. The Morgan fingerprint density at radius 1 is 1.36 bits per heavy atom. The van der Waals surface area contributed by atoms with E-state index in [4.69, 9.17) is 4.42 Å². The molecule has 0 fully saturated rings. The van der Waals surface area contributed by atoms with Gasteiger partial charge in [-0.15, -0.1) is 11.3 Å². The number of aryl methyl sites for hydroxylation is 1. The number of hydrogen-bond acceptors (Lipinski definition) is 4. The highest BCUT2D eigenvalue weighted by Crippen LogP contribution is 2.32. The van der Waals surface area contributed by atoms with Gasteiger partial charge in [-0.3, -0.25) is 4.79 Å². The van der Waals surface area contributed by atoms with Crippen LogP contribution in [0.1, 0.15) is 22.7 Å². The molecule has 7 heteroatoms. The molecule has 142 valence electrons. The van der Waals surface area contributed by atoms with Gasteiger partial charge in [-0.1, -0.05) is 18.2 Å². The maximum atomic E-state index is 13.0. The highest BCUT2D eigenvalue weighted by Gasteiger charge is 2.26. The van der Waals surface area contributed by atoms with Crippen LogP contribution in [0.5, 0.6) is 0 Å². The van der Waals surface area contributed by atoms with Gasteiger partial charge in [0.1, 0.15) is 5.76 Å². The minimum absolute atomic E-state index is 0.0872. The first-order valence-corrected chi connectivity index (χ1v) is 10.8. The fourth-order valence-electron chi connectivity index (χ4n) is 3.77. The Morgan fingerprint density at radius 2 is 2.25 bits per heavy atom. The maximum Gasteiger partial charge on any atom is 0.236 e. The van der Waals surface area contributed by atoms with Gasteiger partial charge in [0, 0.05) is 40.6 Å². The number of benzene rings is 1. The number of carbonyl (C=O) groups excluding carboxylic acids is 1. The number of rotatable bonds is 3. The third-order valence-electron chi connectivity index (χ3n) is 5.26. The molecule has 1 N–H and O–H groups in total. The Hall–Kier alpha value is -2.38. The first-order valence-electron chi connectivity index (χ1n) is 9.16. The summed E-state index contributed by atoms with van der Waals surface area (Å²) < 4.78 is 6.83. The number of carbonyl (C=O) groups is 1.